The second-order valence-electron chi connectivity index (χ2n) is 5.62. The molecule has 24 heavy (non-hydrogen) atoms. The Kier molecular flexibility index (Phi) is 4.84. The lowest BCUT2D eigenvalue weighted by molar-refractivity contribution is 0.0787. The first kappa shape index (κ1) is 16.1. The first-order valence-electron chi connectivity index (χ1n) is 7.95. The van der Waals surface area contributed by atoms with E-state index in [0.717, 1.165) is 43.1 Å². The minimum absolute atomic E-state index is 0.00184. The Morgan fingerprint density at radius 3 is 2.54 bits per heavy atom. The standard InChI is InChI=1S/C18H21N3O3/c1-23-14-6-8-17(24-2)16(11-14)20-13-5-7-15(19-12-13)18(22)21-9-3-4-10-21/h5-8,11-12,20H,3-4,9-10H2,1-2H3. The zero-order valence-electron chi connectivity index (χ0n) is 13.9. The molecule has 0 atom stereocenters. The number of aromatic nitrogens is 1. The van der Waals surface area contributed by atoms with Gasteiger partial charge >= 0.3 is 0 Å². The molecule has 0 spiro atoms. The maximum absolute atomic E-state index is 12.3. The largest absolute Gasteiger partial charge is 0.497 e. The number of benzene rings is 1. The van der Waals surface area contributed by atoms with Crippen molar-refractivity contribution in [3.8, 4) is 11.5 Å². The van der Waals surface area contributed by atoms with Gasteiger partial charge in [0, 0.05) is 19.2 Å². The highest BCUT2D eigenvalue weighted by Gasteiger charge is 2.20. The van der Waals surface area contributed by atoms with Crippen molar-refractivity contribution < 1.29 is 14.3 Å². The number of ether oxygens (including phenoxy) is 2. The van der Waals surface area contributed by atoms with Crippen LogP contribution in [-0.4, -0.2) is 43.1 Å². The van der Waals surface area contributed by atoms with Crippen LogP contribution in [0.2, 0.25) is 0 Å². The molecule has 1 aromatic heterocycles. The molecule has 0 unspecified atom stereocenters. The summed E-state index contributed by atoms with van der Waals surface area (Å²) in [5.41, 5.74) is 2.02. The van der Waals surface area contributed by atoms with Crippen LogP contribution in [-0.2, 0) is 0 Å². The number of methoxy groups -OCH3 is 2. The average Bonchev–Trinajstić information content (AvgIpc) is 3.16. The number of rotatable bonds is 5. The Bertz CT molecular complexity index is 710. The molecule has 1 amide bonds. The fourth-order valence-electron chi connectivity index (χ4n) is 2.74. The molecule has 1 aromatic carbocycles. The number of carbonyl (C=O) groups is 1. The molecule has 1 fully saturated rings. The number of nitrogens with zero attached hydrogens (tertiary/aromatic N) is 2. The smallest absolute Gasteiger partial charge is 0.272 e. The third-order valence-electron chi connectivity index (χ3n) is 4.06. The molecule has 1 aliphatic heterocycles. The monoisotopic (exact) mass is 327 g/mol. The van der Waals surface area contributed by atoms with E-state index in [9.17, 15) is 4.79 Å². The number of carbonyl (C=O) groups excluding carboxylic acids is 1. The average molecular weight is 327 g/mol. The van der Waals surface area contributed by atoms with Gasteiger partial charge in [0.2, 0.25) is 0 Å². The third-order valence-corrected chi connectivity index (χ3v) is 4.06. The quantitative estimate of drug-likeness (QED) is 0.914. The molecule has 1 saturated heterocycles. The van der Waals surface area contributed by atoms with Gasteiger partial charge in [-0.1, -0.05) is 0 Å². The van der Waals surface area contributed by atoms with Gasteiger partial charge in [-0.2, -0.15) is 0 Å². The zero-order valence-corrected chi connectivity index (χ0v) is 13.9. The highest BCUT2D eigenvalue weighted by atomic mass is 16.5. The molecule has 0 bridgehead atoms. The molecule has 2 aromatic rings. The van der Waals surface area contributed by atoms with E-state index in [4.69, 9.17) is 9.47 Å². The molecule has 3 rings (SSSR count). The third kappa shape index (κ3) is 3.42. The number of hydrogen-bond acceptors (Lipinski definition) is 5. The summed E-state index contributed by atoms with van der Waals surface area (Å²) in [5, 5.41) is 3.24. The fraction of sp³-hybridized carbons (Fsp3) is 0.333. The lowest BCUT2D eigenvalue weighted by Crippen LogP contribution is -2.28. The number of nitrogens with one attached hydrogen (secondary N) is 1. The van der Waals surface area contributed by atoms with Gasteiger partial charge in [-0.3, -0.25) is 4.79 Å². The van der Waals surface area contributed by atoms with E-state index in [-0.39, 0.29) is 5.91 Å². The van der Waals surface area contributed by atoms with Crippen LogP contribution in [0.25, 0.3) is 0 Å². The predicted molar refractivity (Wildman–Crippen MR) is 92.2 cm³/mol. The van der Waals surface area contributed by atoms with Gasteiger partial charge < -0.3 is 19.7 Å². The van der Waals surface area contributed by atoms with Crippen LogP contribution in [0.15, 0.2) is 36.5 Å². The van der Waals surface area contributed by atoms with Crippen molar-refractivity contribution in [3.05, 3.63) is 42.2 Å². The fourth-order valence-corrected chi connectivity index (χ4v) is 2.74. The first-order valence-corrected chi connectivity index (χ1v) is 7.95. The summed E-state index contributed by atoms with van der Waals surface area (Å²) < 4.78 is 10.6. The number of amides is 1. The van der Waals surface area contributed by atoms with Crippen LogP contribution < -0.4 is 14.8 Å². The van der Waals surface area contributed by atoms with E-state index >= 15 is 0 Å². The van der Waals surface area contributed by atoms with Gasteiger partial charge in [0.1, 0.15) is 17.2 Å². The lowest BCUT2D eigenvalue weighted by Gasteiger charge is -2.15. The highest BCUT2D eigenvalue weighted by Crippen LogP contribution is 2.31. The van der Waals surface area contributed by atoms with Gasteiger partial charge in [-0.05, 0) is 37.1 Å². The van der Waals surface area contributed by atoms with Crippen molar-refractivity contribution in [2.24, 2.45) is 0 Å². The Hall–Kier alpha value is -2.76. The van der Waals surface area contributed by atoms with E-state index in [1.54, 1.807) is 26.5 Å². The Morgan fingerprint density at radius 1 is 1.12 bits per heavy atom. The SMILES string of the molecule is COc1ccc(OC)c(Nc2ccc(C(=O)N3CCCC3)nc2)c1. The summed E-state index contributed by atoms with van der Waals surface area (Å²) >= 11 is 0. The molecule has 0 aliphatic carbocycles. The molecule has 1 N–H and O–H groups in total. The normalized spacial score (nSPS) is 13.7. The second-order valence-corrected chi connectivity index (χ2v) is 5.62. The summed E-state index contributed by atoms with van der Waals surface area (Å²) in [5.74, 6) is 1.43. The van der Waals surface area contributed by atoms with Crippen LogP contribution >= 0.6 is 0 Å². The van der Waals surface area contributed by atoms with Crippen molar-refractivity contribution >= 4 is 17.3 Å². The summed E-state index contributed by atoms with van der Waals surface area (Å²) in [6, 6.07) is 9.10. The van der Waals surface area contributed by atoms with Crippen molar-refractivity contribution in [1.82, 2.24) is 9.88 Å². The highest BCUT2D eigenvalue weighted by molar-refractivity contribution is 5.92. The van der Waals surface area contributed by atoms with Gasteiger partial charge in [0.25, 0.3) is 5.91 Å². The second kappa shape index (κ2) is 7.21. The van der Waals surface area contributed by atoms with Gasteiger partial charge in [-0.15, -0.1) is 0 Å². The van der Waals surface area contributed by atoms with Crippen LogP contribution in [0.1, 0.15) is 23.3 Å². The van der Waals surface area contributed by atoms with Crippen molar-refractivity contribution in [2.75, 3.05) is 32.6 Å². The Morgan fingerprint density at radius 2 is 1.92 bits per heavy atom. The van der Waals surface area contributed by atoms with Crippen molar-refractivity contribution in [2.45, 2.75) is 12.8 Å². The van der Waals surface area contributed by atoms with Crippen molar-refractivity contribution in [3.63, 3.8) is 0 Å². The van der Waals surface area contributed by atoms with Crippen LogP contribution in [0.5, 0.6) is 11.5 Å². The molecule has 0 radical (unpaired) electrons. The Balaban J connectivity index is 1.75. The molecule has 6 heteroatoms. The molecule has 2 heterocycles. The summed E-state index contributed by atoms with van der Waals surface area (Å²) in [6.07, 6.45) is 3.80. The maximum atomic E-state index is 12.3. The van der Waals surface area contributed by atoms with E-state index in [1.807, 2.05) is 29.2 Å². The van der Waals surface area contributed by atoms with E-state index in [1.165, 1.54) is 0 Å². The van der Waals surface area contributed by atoms with Crippen LogP contribution in [0.3, 0.4) is 0 Å². The topological polar surface area (TPSA) is 63.7 Å². The van der Waals surface area contributed by atoms with Crippen LogP contribution in [0, 0.1) is 0 Å². The predicted octanol–water partition coefficient (Wildman–Crippen LogP) is 3.08. The number of pyridine rings is 1. The molecule has 1 aliphatic rings. The first-order chi connectivity index (χ1) is 11.7. The van der Waals surface area contributed by atoms with Gasteiger partial charge in [-0.25, -0.2) is 4.98 Å². The number of anilines is 2. The maximum Gasteiger partial charge on any atom is 0.272 e. The van der Waals surface area contributed by atoms with E-state index in [0.29, 0.717) is 11.4 Å². The van der Waals surface area contributed by atoms with Crippen LogP contribution in [0.4, 0.5) is 11.4 Å². The van der Waals surface area contributed by atoms with Crippen molar-refractivity contribution in [1.29, 1.82) is 0 Å². The summed E-state index contributed by atoms with van der Waals surface area (Å²) in [4.78, 5) is 18.4. The van der Waals surface area contributed by atoms with E-state index in [2.05, 4.69) is 10.3 Å². The van der Waals surface area contributed by atoms with Gasteiger partial charge in [0.05, 0.1) is 31.8 Å². The zero-order chi connectivity index (χ0) is 16.9. The Labute approximate surface area is 141 Å². The number of hydrogen-bond donors (Lipinski definition) is 1. The molecular weight excluding hydrogens is 306 g/mol. The molecule has 6 nitrogen and oxygen atoms in total. The number of likely N-dealkylation sites (tertiary alicyclic amines) is 1. The minimum Gasteiger partial charge on any atom is -0.497 e. The summed E-state index contributed by atoms with van der Waals surface area (Å²) in [6.45, 7) is 1.64. The lowest BCUT2D eigenvalue weighted by atomic mass is 10.2. The minimum atomic E-state index is -0.00184. The summed E-state index contributed by atoms with van der Waals surface area (Å²) in [7, 11) is 3.23. The molecule has 0 saturated carbocycles. The molecule has 126 valence electrons. The van der Waals surface area contributed by atoms with E-state index < -0.39 is 0 Å². The molecular formula is C18H21N3O3. The van der Waals surface area contributed by atoms with Gasteiger partial charge in [0.15, 0.2) is 0 Å².